The number of H-pyrrole nitrogens is 1. The van der Waals surface area contributed by atoms with Crippen molar-refractivity contribution in [2.75, 3.05) is 6.79 Å². The van der Waals surface area contributed by atoms with Gasteiger partial charge in [-0.1, -0.05) is 13.0 Å². The number of benzene rings is 1. The van der Waals surface area contributed by atoms with Crippen LogP contribution in [-0.4, -0.2) is 38.7 Å². The molecule has 9 nitrogen and oxygen atoms in total. The molecule has 3 saturated carbocycles. The van der Waals surface area contributed by atoms with Crippen molar-refractivity contribution in [2.24, 2.45) is 11.1 Å². The molecule has 9 heteroatoms. The fourth-order valence-electron chi connectivity index (χ4n) is 5.85. The first-order valence-electron chi connectivity index (χ1n) is 13.2. The van der Waals surface area contributed by atoms with Crippen LogP contribution in [0.3, 0.4) is 0 Å². The molecule has 3 heterocycles. The first-order chi connectivity index (χ1) is 18.2. The number of carboxylic acid groups (broad SMARTS) is 1. The molecular weight excluding hydrogens is 484 g/mol. The van der Waals surface area contributed by atoms with Gasteiger partial charge in [0.2, 0.25) is 12.7 Å². The largest absolute Gasteiger partial charge is 0.481 e. The van der Waals surface area contributed by atoms with Gasteiger partial charge >= 0.3 is 5.97 Å². The van der Waals surface area contributed by atoms with Crippen molar-refractivity contribution in [1.82, 2.24) is 15.0 Å². The maximum atomic E-state index is 11.9. The SMILES string of the molecule is CCCC(N)=O.Cc1cccc(-c2[nH]c(C34CCC(C(=O)O)(CC3)CC4)nc2-c2ccc3c(c2)OCO3)n1. The summed E-state index contributed by atoms with van der Waals surface area (Å²) >= 11 is 0. The number of pyridine rings is 1. The lowest BCUT2D eigenvalue weighted by molar-refractivity contribution is -0.156. The number of aliphatic carboxylic acids is 1. The van der Waals surface area contributed by atoms with Gasteiger partial charge in [-0.2, -0.15) is 0 Å². The van der Waals surface area contributed by atoms with E-state index in [-0.39, 0.29) is 18.1 Å². The summed E-state index contributed by atoms with van der Waals surface area (Å²) in [6.45, 7) is 4.13. The number of amides is 1. The van der Waals surface area contributed by atoms with Gasteiger partial charge in [0.1, 0.15) is 5.82 Å². The van der Waals surface area contributed by atoms with Gasteiger partial charge in [-0.05, 0) is 82.2 Å². The lowest BCUT2D eigenvalue weighted by atomic mass is 9.53. The van der Waals surface area contributed by atoms with E-state index in [9.17, 15) is 14.7 Å². The molecule has 1 aliphatic heterocycles. The van der Waals surface area contributed by atoms with Gasteiger partial charge in [-0.15, -0.1) is 0 Å². The van der Waals surface area contributed by atoms with Gasteiger partial charge in [0, 0.05) is 23.1 Å². The van der Waals surface area contributed by atoms with Crippen LogP contribution >= 0.6 is 0 Å². The zero-order valence-electron chi connectivity index (χ0n) is 21.9. The number of rotatable bonds is 6. The summed E-state index contributed by atoms with van der Waals surface area (Å²) in [6.07, 6.45) is 6.02. The van der Waals surface area contributed by atoms with Crippen molar-refractivity contribution in [2.45, 2.75) is 70.6 Å². The van der Waals surface area contributed by atoms with E-state index < -0.39 is 11.4 Å². The Balaban J connectivity index is 0.000000443. The third-order valence-corrected chi connectivity index (χ3v) is 8.19. The Labute approximate surface area is 221 Å². The predicted octanol–water partition coefficient (Wildman–Crippen LogP) is 5.12. The first-order valence-corrected chi connectivity index (χ1v) is 13.2. The summed E-state index contributed by atoms with van der Waals surface area (Å²) in [7, 11) is 0. The van der Waals surface area contributed by atoms with Gasteiger partial charge in [-0.3, -0.25) is 14.6 Å². The van der Waals surface area contributed by atoms with E-state index in [0.717, 1.165) is 71.3 Å². The smallest absolute Gasteiger partial charge is 0.309 e. The molecule has 3 aromatic rings. The lowest BCUT2D eigenvalue weighted by Crippen LogP contribution is -2.48. The average Bonchev–Trinajstić information content (AvgIpc) is 3.57. The number of ether oxygens (including phenoxy) is 2. The van der Waals surface area contributed by atoms with Crippen LogP contribution in [0.5, 0.6) is 11.5 Å². The summed E-state index contributed by atoms with van der Waals surface area (Å²) in [5, 5.41) is 9.76. The molecule has 38 heavy (non-hydrogen) atoms. The number of nitrogens with two attached hydrogens (primary N) is 1. The summed E-state index contributed by atoms with van der Waals surface area (Å²) in [5.41, 5.74) is 8.57. The van der Waals surface area contributed by atoms with Gasteiger partial charge in [0.05, 0.1) is 22.5 Å². The third kappa shape index (κ3) is 4.73. The maximum Gasteiger partial charge on any atom is 0.309 e. The van der Waals surface area contributed by atoms with Crippen LogP contribution in [0.1, 0.15) is 69.8 Å². The summed E-state index contributed by atoms with van der Waals surface area (Å²) in [5.74, 6) is 1.55. The Morgan fingerprint density at radius 1 is 1.03 bits per heavy atom. The van der Waals surface area contributed by atoms with Crippen molar-refractivity contribution in [1.29, 1.82) is 0 Å². The van der Waals surface area contributed by atoms with Crippen LogP contribution in [0.4, 0.5) is 0 Å². The molecule has 3 aliphatic carbocycles. The topological polar surface area (TPSA) is 140 Å². The number of carbonyl (C=O) groups excluding carboxylic acids is 1. The number of aromatic amines is 1. The molecule has 4 aliphatic rings. The Hall–Kier alpha value is -3.88. The number of fused-ring (bicyclic) bond motifs is 4. The number of imidazole rings is 1. The molecule has 2 bridgehead atoms. The molecular formula is C29H34N4O5. The number of aromatic nitrogens is 3. The molecule has 1 aromatic carbocycles. The molecule has 0 saturated heterocycles. The number of hydrogen-bond acceptors (Lipinski definition) is 6. The van der Waals surface area contributed by atoms with Crippen LogP contribution in [-0.2, 0) is 15.0 Å². The van der Waals surface area contributed by atoms with E-state index in [0.29, 0.717) is 25.7 Å². The molecule has 4 N–H and O–H groups in total. The quantitative estimate of drug-likeness (QED) is 0.411. The maximum absolute atomic E-state index is 11.9. The van der Waals surface area contributed by atoms with Crippen molar-refractivity contribution in [3.63, 3.8) is 0 Å². The standard InChI is InChI=1S/C25H25N3O4.C4H9NO/c1-15-3-2-4-17(26-15)21-20(16-5-6-18-19(13-16)32-14-31-18)27-22(28-21)24-7-10-25(11-8-24,12-9-24)23(29)30;1-2-3-4(5)6/h2-6,13H,7-12,14H2,1H3,(H,27,28)(H,29,30);2-3H2,1H3,(H2,5,6). The molecule has 1 amide bonds. The van der Waals surface area contributed by atoms with Gasteiger partial charge < -0.3 is 25.3 Å². The van der Waals surface area contributed by atoms with Gasteiger partial charge in [0.15, 0.2) is 11.5 Å². The molecule has 200 valence electrons. The Morgan fingerprint density at radius 3 is 2.34 bits per heavy atom. The average molecular weight is 519 g/mol. The lowest BCUT2D eigenvalue weighted by Gasteiger charge is -2.50. The highest BCUT2D eigenvalue weighted by Crippen LogP contribution is 2.57. The monoisotopic (exact) mass is 518 g/mol. The van der Waals surface area contributed by atoms with Gasteiger partial charge in [0.25, 0.3) is 0 Å². The van der Waals surface area contributed by atoms with E-state index in [2.05, 4.69) is 4.98 Å². The predicted molar refractivity (Wildman–Crippen MR) is 142 cm³/mol. The summed E-state index contributed by atoms with van der Waals surface area (Å²) in [6, 6.07) is 11.9. The van der Waals surface area contributed by atoms with E-state index in [1.165, 1.54) is 0 Å². The molecule has 3 fully saturated rings. The highest BCUT2D eigenvalue weighted by Gasteiger charge is 2.54. The van der Waals surface area contributed by atoms with E-state index in [1.807, 2.05) is 50.2 Å². The van der Waals surface area contributed by atoms with Crippen LogP contribution in [0.15, 0.2) is 36.4 Å². The van der Waals surface area contributed by atoms with Gasteiger partial charge in [-0.25, -0.2) is 4.98 Å². The number of nitrogens with one attached hydrogen (secondary N) is 1. The molecule has 2 aromatic heterocycles. The van der Waals surface area contributed by atoms with Crippen LogP contribution in [0.2, 0.25) is 0 Å². The van der Waals surface area contributed by atoms with Crippen LogP contribution in [0, 0.1) is 12.3 Å². The van der Waals surface area contributed by atoms with E-state index in [1.54, 1.807) is 0 Å². The number of aryl methyl sites for hydroxylation is 1. The number of nitrogens with zero attached hydrogens (tertiary/aromatic N) is 2. The minimum atomic E-state index is -0.643. The minimum absolute atomic E-state index is 0.107. The van der Waals surface area contributed by atoms with Crippen LogP contribution in [0.25, 0.3) is 22.6 Å². The zero-order chi connectivity index (χ0) is 26.9. The first kappa shape index (κ1) is 25.8. The summed E-state index contributed by atoms with van der Waals surface area (Å²) < 4.78 is 11.1. The molecule has 0 atom stereocenters. The highest BCUT2D eigenvalue weighted by molar-refractivity contribution is 5.79. The fraction of sp³-hybridized carbons (Fsp3) is 0.448. The van der Waals surface area contributed by atoms with Crippen LogP contribution < -0.4 is 15.2 Å². The second-order valence-electron chi connectivity index (χ2n) is 10.6. The fourth-order valence-corrected chi connectivity index (χ4v) is 5.85. The molecule has 0 unspecified atom stereocenters. The number of primary amides is 1. The Bertz CT molecular complexity index is 1340. The van der Waals surface area contributed by atoms with Crippen molar-refractivity contribution in [3.8, 4) is 34.1 Å². The second-order valence-corrected chi connectivity index (χ2v) is 10.6. The number of carbonyl (C=O) groups is 2. The zero-order valence-corrected chi connectivity index (χ0v) is 21.9. The molecule has 0 spiro atoms. The van der Waals surface area contributed by atoms with Crippen molar-refractivity contribution < 1.29 is 24.2 Å². The van der Waals surface area contributed by atoms with Crippen molar-refractivity contribution >= 4 is 11.9 Å². The summed E-state index contributed by atoms with van der Waals surface area (Å²) in [4.78, 5) is 35.2. The number of hydrogen-bond donors (Lipinski definition) is 3. The third-order valence-electron chi connectivity index (χ3n) is 8.19. The second kappa shape index (κ2) is 10.1. The van der Waals surface area contributed by atoms with E-state index >= 15 is 0 Å². The Kier molecular flexibility index (Phi) is 6.86. The molecule has 7 rings (SSSR count). The minimum Gasteiger partial charge on any atom is -0.481 e. The number of carboxylic acids is 1. The Morgan fingerprint density at radius 2 is 1.74 bits per heavy atom. The highest BCUT2D eigenvalue weighted by atomic mass is 16.7. The molecule has 0 radical (unpaired) electrons. The normalized spacial score (nSPS) is 23.0. The van der Waals surface area contributed by atoms with E-state index in [4.69, 9.17) is 25.2 Å². The van der Waals surface area contributed by atoms with Crippen molar-refractivity contribution in [3.05, 3.63) is 47.9 Å².